The van der Waals surface area contributed by atoms with E-state index < -0.39 is 41.5 Å². The number of thioether (sulfide) groups is 1. The van der Waals surface area contributed by atoms with E-state index in [9.17, 15) is 27.6 Å². The van der Waals surface area contributed by atoms with Crippen molar-refractivity contribution in [1.29, 1.82) is 0 Å². The van der Waals surface area contributed by atoms with Gasteiger partial charge < -0.3 is 14.6 Å². The van der Waals surface area contributed by atoms with E-state index in [2.05, 4.69) is 12.2 Å². The second-order valence-corrected chi connectivity index (χ2v) is 11.7. The summed E-state index contributed by atoms with van der Waals surface area (Å²) in [7, 11) is 4.44. The standard InChI is InChI=1S/C29H36N2O5S.C2HF3O2/c1-5-6-7-11-16-37-22-15-14-20(17-21(22)35-3)25-23-24(27(33)31(2)26(23)32)29(30-25,28(34)36-4)18-19-12-9-8-10-13-19;3-2(4,5)1(6)7/h8-10,12-15,17,23-25,30H,5-7,11,16,18H2,1-4H3;(H,6,7)/t23?,24?,25?,29-;/m1./s1. The average Bonchev–Trinajstić information content (AvgIpc) is 3.46. The van der Waals surface area contributed by atoms with Crippen molar-refractivity contribution >= 4 is 35.5 Å². The van der Waals surface area contributed by atoms with Crippen molar-refractivity contribution in [2.45, 2.75) is 61.7 Å². The van der Waals surface area contributed by atoms with Gasteiger partial charge in [0.2, 0.25) is 11.8 Å². The lowest BCUT2D eigenvalue weighted by Gasteiger charge is -2.32. The molecule has 240 valence electrons. The van der Waals surface area contributed by atoms with Crippen LogP contribution in [0.1, 0.15) is 49.8 Å². The van der Waals surface area contributed by atoms with Crippen LogP contribution in [0.15, 0.2) is 53.4 Å². The fraction of sp³-hybridized carbons (Fsp3) is 0.484. The molecule has 2 amide bonds. The number of nitrogens with one attached hydrogen (secondary N) is 1. The number of hydrogen-bond acceptors (Lipinski definition) is 8. The molecule has 0 bridgehead atoms. The molecule has 13 heteroatoms. The molecule has 44 heavy (non-hydrogen) atoms. The number of methoxy groups -OCH3 is 2. The Morgan fingerprint density at radius 3 is 2.27 bits per heavy atom. The zero-order valence-corrected chi connectivity index (χ0v) is 25.8. The van der Waals surface area contributed by atoms with Crippen molar-refractivity contribution in [2.24, 2.45) is 11.8 Å². The zero-order valence-electron chi connectivity index (χ0n) is 25.0. The molecule has 2 N–H and O–H groups in total. The van der Waals surface area contributed by atoms with E-state index >= 15 is 0 Å². The number of halogens is 3. The van der Waals surface area contributed by atoms with E-state index in [1.807, 2.05) is 48.5 Å². The summed E-state index contributed by atoms with van der Waals surface area (Å²) in [6.45, 7) is 2.20. The highest BCUT2D eigenvalue weighted by molar-refractivity contribution is 7.99. The van der Waals surface area contributed by atoms with Crippen molar-refractivity contribution in [3.05, 3.63) is 59.7 Å². The number of amides is 2. The number of nitrogens with zero attached hydrogens (tertiary/aromatic N) is 1. The lowest BCUT2D eigenvalue weighted by atomic mass is 9.76. The van der Waals surface area contributed by atoms with Gasteiger partial charge in [0, 0.05) is 24.4 Å². The fourth-order valence-corrected chi connectivity index (χ4v) is 6.68. The Bertz CT molecular complexity index is 1340. The summed E-state index contributed by atoms with van der Waals surface area (Å²) in [5, 5.41) is 10.6. The van der Waals surface area contributed by atoms with E-state index in [-0.39, 0.29) is 18.2 Å². The summed E-state index contributed by atoms with van der Waals surface area (Å²) in [4.78, 5) is 51.2. The number of rotatable bonds is 11. The number of hydrogen-bond donors (Lipinski definition) is 2. The van der Waals surface area contributed by atoms with Crippen LogP contribution in [0.4, 0.5) is 13.2 Å². The molecule has 0 spiro atoms. The number of alkyl halides is 3. The Kier molecular flexibility index (Phi) is 11.8. The van der Waals surface area contributed by atoms with Crippen LogP contribution in [0.25, 0.3) is 0 Å². The number of fused-ring (bicyclic) bond motifs is 1. The maximum atomic E-state index is 13.4. The third kappa shape index (κ3) is 7.55. The number of benzene rings is 2. The highest BCUT2D eigenvalue weighted by Gasteiger charge is 2.68. The highest BCUT2D eigenvalue weighted by Crippen LogP contribution is 2.50. The van der Waals surface area contributed by atoms with Crippen LogP contribution in [-0.4, -0.2) is 72.5 Å². The number of carboxylic acids is 1. The molecule has 2 fully saturated rings. The first-order valence-electron chi connectivity index (χ1n) is 14.1. The second kappa shape index (κ2) is 14.9. The van der Waals surface area contributed by atoms with Gasteiger partial charge in [0.25, 0.3) is 0 Å². The molecule has 0 aromatic heterocycles. The summed E-state index contributed by atoms with van der Waals surface area (Å²) in [6, 6.07) is 14.9. The molecule has 2 aromatic carbocycles. The molecule has 4 rings (SSSR count). The van der Waals surface area contributed by atoms with Crippen LogP contribution in [-0.2, 0) is 30.3 Å². The fourth-order valence-electron chi connectivity index (χ4n) is 5.66. The molecule has 9 nitrogen and oxygen atoms in total. The number of ether oxygens (including phenoxy) is 2. The van der Waals surface area contributed by atoms with Crippen LogP contribution < -0.4 is 10.1 Å². The lowest BCUT2D eigenvalue weighted by molar-refractivity contribution is -0.192. The molecule has 4 atom stereocenters. The first kappa shape index (κ1) is 34.9. The van der Waals surface area contributed by atoms with Crippen LogP contribution in [0, 0.1) is 11.8 Å². The van der Waals surface area contributed by atoms with Gasteiger partial charge in [-0.2, -0.15) is 13.2 Å². The van der Waals surface area contributed by atoms with Gasteiger partial charge >= 0.3 is 18.1 Å². The van der Waals surface area contributed by atoms with Gasteiger partial charge in [0.1, 0.15) is 11.3 Å². The van der Waals surface area contributed by atoms with Crippen molar-refractivity contribution in [3.63, 3.8) is 0 Å². The maximum Gasteiger partial charge on any atom is 0.490 e. The van der Waals surface area contributed by atoms with Gasteiger partial charge in [0.15, 0.2) is 0 Å². The van der Waals surface area contributed by atoms with Crippen LogP contribution in [0.3, 0.4) is 0 Å². The molecule has 2 aliphatic rings. The van der Waals surface area contributed by atoms with Crippen molar-refractivity contribution in [2.75, 3.05) is 27.0 Å². The summed E-state index contributed by atoms with van der Waals surface area (Å²) in [5.74, 6) is -3.83. The lowest BCUT2D eigenvalue weighted by Crippen LogP contribution is -2.57. The number of carbonyl (C=O) groups excluding carboxylic acids is 3. The minimum absolute atomic E-state index is 0.230. The van der Waals surface area contributed by atoms with Crippen LogP contribution >= 0.6 is 11.8 Å². The molecule has 2 aliphatic heterocycles. The number of likely N-dealkylation sites (tertiary alicyclic amines) is 1. The zero-order chi connectivity index (χ0) is 32.7. The number of carbonyl (C=O) groups is 4. The Morgan fingerprint density at radius 1 is 1.05 bits per heavy atom. The molecular weight excluding hydrogens is 601 g/mol. The van der Waals surface area contributed by atoms with Crippen molar-refractivity contribution < 1.29 is 46.9 Å². The minimum atomic E-state index is -5.08. The van der Waals surface area contributed by atoms with Crippen LogP contribution in [0.5, 0.6) is 5.75 Å². The SMILES string of the molecule is CCCCCCSc1ccc(C2N[C@@](Cc3ccccc3)(C(=O)OC)C3C(=O)N(C)C(=O)C23)cc1OC.O=C(O)C(F)(F)F. The Labute approximate surface area is 258 Å². The van der Waals surface area contributed by atoms with Gasteiger partial charge in [-0.25, -0.2) is 4.79 Å². The Balaban J connectivity index is 0.000000676. The average molecular weight is 639 g/mol. The number of imide groups is 1. The topological polar surface area (TPSA) is 122 Å². The normalized spacial score (nSPS) is 22.7. The summed E-state index contributed by atoms with van der Waals surface area (Å²) in [5.41, 5.74) is 0.308. The molecular formula is C31H37F3N2O7S. The number of esters is 1. The largest absolute Gasteiger partial charge is 0.496 e. The van der Waals surface area contributed by atoms with Crippen molar-refractivity contribution in [1.82, 2.24) is 10.2 Å². The maximum absolute atomic E-state index is 13.4. The number of carboxylic acid groups (broad SMARTS) is 1. The summed E-state index contributed by atoms with van der Waals surface area (Å²) in [6.07, 6.45) is -0.0689. The molecule has 2 heterocycles. The smallest absolute Gasteiger partial charge is 0.490 e. The predicted molar refractivity (Wildman–Crippen MR) is 157 cm³/mol. The van der Waals surface area contributed by atoms with E-state index in [0.717, 1.165) is 38.8 Å². The molecule has 0 aliphatic carbocycles. The van der Waals surface area contributed by atoms with Gasteiger partial charge in [-0.15, -0.1) is 11.8 Å². The highest BCUT2D eigenvalue weighted by atomic mass is 32.2. The van der Waals surface area contributed by atoms with Crippen molar-refractivity contribution in [3.8, 4) is 5.75 Å². The summed E-state index contributed by atoms with van der Waals surface area (Å²) >= 11 is 1.76. The first-order chi connectivity index (χ1) is 20.8. The van der Waals surface area contributed by atoms with E-state index in [0.29, 0.717) is 0 Å². The predicted octanol–water partition coefficient (Wildman–Crippen LogP) is 5.03. The Hall–Kier alpha value is -3.58. The van der Waals surface area contributed by atoms with Crippen LogP contribution in [0.2, 0.25) is 0 Å². The molecule has 2 aromatic rings. The van der Waals surface area contributed by atoms with E-state index in [1.54, 1.807) is 18.9 Å². The monoisotopic (exact) mass is 638 g/mol. The van der Waals surface area contributed by atoms with Gasteiger partial charge in [0.05, 0.1) is 26.1 Å². The summed E-state index contributed by atoms with van der Waals surface area (Å²) < 4.78 is 42.7. The quantitative estimate of drug-likeness (QED) is 0.151. The number of aliphatic carboxylic acids is 1. The minimum Gasteiger partial charge on any atom is -0.496 e. The van der Waals surface area contributed by atoms with Gasteiger partial charge in [-0.05, 0) is 35.4 Å². The first-order valence-corrected chi connectivity index (χ1v) is 15.1. The van der Waals surface area contributed by atoms with E-state index in [1.165, 1.54) is 33.4 Å². The Morgan fingerprint density at radius 2 is 1.70 bits per heavy atom. The third-order valence-electron chi connectivity index (χ3n) is 7.79. The molecule has 3 unspecified atom stereocenters. The molecule has 2 saturated heterocycles. The second-order valence-electron chi connectivity index (χ2n) is 10.6. The molecule has 0 saturated carbocycles. The van der Waals surface area contributed by atoms with E-state index in [4.69, 9.17) is 19.4 Å². The number of unbranched alkanes of at least 4 members (excludes halogenated alkanes) is 3. The van der Waals surface area contributed by atoms with Gasteiger partial charge in [-0.1, -0.05) is 62.6 Å². The van der Waals surface area contributed by atoms with Gasteiger partial charge in [-0.3, -0.25) is 24.6 Å². The third-order valence-corrected chi connectivity index (χ3v) is 8.94. The molecule has 0 radical (unpaired) electrons.